The summed E-state index contributed by atoms with van der Waals surface area (Å²) in [6.45, 7) is 8.16. The summed E-state index contributed by atoms with van der Waals surface area (Å²) in [5.74, 6) is 1.81. The van der Waals surface area contributed by atoms with Gasteiger partial charge in [-0.3, -0.25) is 24.3 Å². The van der Waals surface area contributed by atoms with Crippen molar-refractivity contribution in [3.8, 4) is 0 Å². The van der Waals surface area contributed by atoms with Crippen LogP contribution in [0.1, 0.15) is 30.8 Å². The van der Waals surface area contributed by atoms with Crippen LogP contribution in [0.15, 0.2) is 27.8 Å². The third-order valence-corrected chi connectivity index (χ3v) is 6.32. The summed E-state index contributed by atoms with van der Waals surface area (Å²) in [7, 11) is 3.19. The van der Waals surface area contributed by atoms with E-state index < -0.39 is 6.04 Å². The molecule has 32 heavy (non-hydrogen) atoms. The highest BCUT2D eigenvalue weighted by molar-refractivity contribution is 6.23. The number of hydrogen-bond acceptors (Lipinski definition) is 6. The fraction of sp³-hybridized carbons (Fsp3) is 0.591. The topological polar surface area (TPSA) is 92.7 Å². The maximum atomic E-state index is 13.0. The van der Waals surface area contributed by atoms with Crippen LogP contribution in [0.25, 0.3) is 0 Å². The Bertz CT molecular complexity index is 959. The minimum atomic E-state index is -0.557. The van der Waals surface area contributed by atoms with Gasteiger partial charge >= 0.3 is 11.9 Å². The number of fused-ring (bicyclic) bond motifs is 1. The monoisotopic (exact) mass is 443 g/mol. The van der Waals surface area contributed by atoms with Crippen molar-refractivity contribution in [2.75, 3.05) is 53.4 Å². The first-order valence-electron chi connectivity index (χ1n) is 11.1. The number of furan rings is 1. The molecule has 0 spiro atoms. The molecule has 4 amide bonds. The molecule has 1 aromatic rings. The molecule has 0 aromatic carbocycles. The third-order valence-electron chi connectivity index (χ3n) is 6.32. The molecule has 3 aliphatic rings. The van der Waals surface area contributed by atoms with Crippen LogP contribution in [-0.2, 0) is 4.79 Å². The Balaban J connectivity index is 1.49. The van der Waals surface area contributed by atoms with E-state index in [1.165, 1.54) is 23.1 Å². The maximum Gasteiger partial charge on any atom is 0.333 e. The van der Waals surface area contributed by atoms with Gasteiger partial charge in [-0.05, 0) is 29.5 Å². The smallest absolute Gasteiger partial charge is 0.333 e. The van der Waals surface area contributed by atoms with E-state index >= 15 is 0 Å². The van der Waals surface area contributed by atoms with Crippen LogP contribution in [-0.4, -0.2) is 113 Å². The Labute approximate surface area is 187 Å². The molecule has 10 heteroatoms. The van der Waals surface area contributed by atoms with E-state index in [0.717, 1.165) is 12.3 Å². The van der Waals surface area contributed by atoms with E-state index in [0.29, 0.717) is 56.8 Å². The second-order valence-electron chi connectivity index (χ2n) is 8.95. The van der Waals surface area contributed by atoms with E-state index in [2.05, 4.69) is 23.3 Å². The van der Waals surface area contributed by atoms with Gasteiger partial charge in [-0.1, -0.05) is 13.8 Å². The third kappa shape index (κ3) is 4.06. The standard InChI is InChI=1S/C22H31N6O4/c1-15(2)7-8-28-17(23-19-18(28)21(30)25(4)22(31)24(19)3)14-26-9-11-27(12-10-26)20(29)16-6-5-13-32-16/h5-6,13,15,18H,7-12,14H2,1-4H3/q+1. The van der Waals surface area contributed by atoms with E-state index in [4.69, 9.17) is 9.41 Å². The van der Waals surface area contributed by atoms with Gasteiger partial charge in [0.25, 0.3) is 23.7 Å². The molecule has 1 atom stereocenters. The van der Waals surface area contributed by atoms with Gasteiger partial charge in [0, 0.05) is 40.3 Å². The molecular formula is C22H31N6O4+. The summed E-state index contributed by atoms with van der Waals surface area (Å²) in [4.78, 5) is 49.3. The normalized spacial score (nSPS) is 22.2. The first-order valence-corrected chi connectivity index (χ1v) is 11.1. The maximum absolute atomic E-state index is 13.0. The molecule has 172 valence electrons. The van der Waals surface area contributed by atoms with Crippen molar-refractivity contribution in [3.63, 3.8) is 0 Å². The summed E-state index contributed by atoms with van der Waals surface area (Å²) in [6.07, 6.45) is 2.42. The summed E-state index contributed by atoms with van der Waals surface area (Å²) in [6, 6.07) is 2.48. The molecule has 1 aromatic heterocycles. The second kappa shape index (κ2) is 8.85. The van der Waals surface area contributed by atoms with Crippen LogP contribution in [0.2, 0.25) is 0 Å². The number of hydrogen-bond donors (Lipinski definition) is 0. The molecule has 0 saturated carbocycles. The van der Waals surface area contributed by atoms with Gasteiger partial charge in [0.2, 0.25) is 0 Å². The van der Waals surface area contributed by atoms with Gasteiger partial charge in [-0.2, -0.15) is 0 Å². The Morgan fingerprint density at radius 1 is 1.19 bits per heavy atom. The number of aliphatic imine (C=N–C) groups is 1. The number of rotatable bonds is 6. The quantitative estimate of drug-likeness (QED) is 0.607. The number of piperazine rings is 1. The predicted octanol–water partition coefficient (Wildman–Crippen LogP) is 0.799. The number of amidine groups is 2. The molecule has 2 fully saturated rings. The zero-order valence-corrected chi connectivity index (χ0v) is 19.2. The minimum Gasteiger partial charge on any atom is -0.459 e. The highest BCUT2D eigenvalue weighted by Gasteiger charge is 2.53. The van der Waals surface area contributed by atoms with Crippen LogP contribution in [0.4, 0.5) is 4.79 Å². The van der Waals surface area contributed by atoms with Gasteiger partial charge in [0.05, 0.1) is 12.8 Å². The van der Waals surface area contributed by atoms with Crippen LogP contribution in [0.3, 0.4) is 0 Å². The number of likely N-dealkylation sites (N-methyl/N-ethyl adjacent to an activating group) is 2. The molecule has 4 heterocycles. The number of amides is 4. The van der Waals surface area contributed by atoms with Crippen LogP contribution < -0.4 is 0 Å². The molecule has 0 radical (unpaired) electrons. The summed E-state index contributed by atoms with van der Waals surface area (Å²) in [5.41, 5.74) is 0. The van der Waals surface area contributed by atoms with Crippen LogP contribution in [0.5, 0.6) is 0 Å². The van der Waals surface area contributed by atoms with Gasteiger partial charge in [-0.25, -0.2) is 9.37 Å². The molecular weight excluding hydrogens is 412 g/mol. The molecule has 1 unspecified atom stereocenters. The Hall–Kier alpha value is -3.01. The van der Waals surface area contributed by atoms with E-state index in [-0.39, 0.29) is 17.8 Å². The van der Waals surface area contributed by atoms with Crippen molar-refractivity contribution in [1.82, 2.24) is 19.6 Å². The fourth-order valence-electron chi connectivity index (χ4n) is 4.30. The van der Waals surface area contributed by atoms with Crippen LogP contribution >= 0.6 is 0 Å². The molecule has 4 rings (SSSR count). The second-order valence-corrected chi connectivity index (χ2v) is 8.95. The predicted molar refractivity (Wildman–Crippen MR) is 118 cm³/mol. The lowest BCUT2D eigenvalue weighted by Gasteiger charge is -2.33. The average molecular weight is 444 g/mol. The van der Waals surface area contributed by atoms with E-state index in [1.807, 2.05) is 0 Å². The first-order chi connectivity index (χ1) is 15.3. The summed E-state index contributed by atoms with van der Waals surface area (Å²) in [5, 5.41) is 0. The largest absolute Gasteiger partial charge is 0.459 e. The number of carbonyl (C=O) groups is 3. The van der Waals surface area contributed by atoms with Crippen molar-refractivity contribution in [2.45, 2.75) is 26.3 Å². The fourth-order valence-corrected chi connectivity index (χ4v) is 4.30. The molecule has 0 N–H and O–H groups in total. The summed E-state index contributed by atoms with van der Waals surface area (Å²) < 4.78 is 7.29. The molecule has 0 aliphatic carbocycles. The van der Waals surface area contributed by atoms with Gasteiger partial charge < -0.3 is 9.32 Å². The molecule has 10 nitrogen and oxygen atoms in total. The highest BCUT2D eigenvalue weighted by atomic mass is 16.3. The number of nitrogens with zero attached hydrogens (tertiary/aromatic N) is 6. The van der Waals surface area contributed by atoms with E-state index in [1.54, 1.807) is 24.1 Å². The summed E-state index contributed by atoms with van der Waals surface area (Å²) >= 11 is 0. The lowest BCUT2D eigenvalue weighted by Crippen LogP contribution is -2.61. The van der Waals surface area contributed by atoms with Crippen LogP contribution in [0, 0.1) is 5.92 Å². The van der Waals surface area contributed by atoms with E-state index in [9.17, 15) is 14.4 Å². The highest BCUT2D eigenvalue weighted by Crippen LogP contribution is 2.20. The average Bonchev–Trinajstić information content (AvgIpc) is 3.43. The van der Waals surface area contributed by atoms with Crippen molar-refractivity contribution < 1.29 is 23.4 Å². The van der Waals surface area contributed by atoms with Gasteiger partial charge in [0.15, 0.2) is 5.76 Å². The zero-order chi connectivity index (χ0) is 23.0. The zero-order valence-electron chi connectivity index (χ0n) is 19.2. The minimum absolute atomic E-state index is 0.0956. The van der Waals surface area contributed by atoms with Crippen molar-refractivity contribution >= 4 is 29.5 Å². The number of urea groups is 1. The molecule has 0 bridgehead atoms. The lowest BCUT2D eigenvalue weighted by atomic mass is 10.1. The lowest BCUT2D eigenvalue weighted by molar-refractivity contribution is -0.537. The van der Waals surface area contributed by atoms with Gasteiger partial charge in [0.1, 0.15) is 6.54 Å². The Morgan fingerprint density at radius 3 is 2.53 bits per heavy atom. The van der Waals surface area contributed by atoms with Crippen molar-refractivity contribution in [1.29, 1.82) is 0 Å². The SMILES string of the molecule is CC(C)CC[N+]1=C(CN2CCN(C(=O)c3ccco3)CC2)N=C2C1C(=O)N(C)C(=O)N2C. The Morgan fingerprint density at radius 2 is 1.91 bits per heavy atom. The van der Waals surface area contributed by atoms with Gasteiger partial charge in [-0.15, -0.1) is 0 Å². The Kier molecular flexibility index (Phi) is 6.14. The number of imide groups is 1. The number of carbonyl (C=O) groups excluding carboxylic acids is 3. The van der Waals surface area contributed by atoms with Crippen molar-refractivity contribution in [3.05, 3.63) is 24.2 Å². The molecule has 2 saturated heterocycles. The first kappa shape index (κ1) is 22.2. The molecule has 3 aliphatic heterocycles. The van der Waals surface area contributed by atoms with Crippen molar-refractivity contribution in [2.24, 2.45) is 10.9 Å².